The van der Waals surface area contributed by atoms with Gasteiger partial charge in [-0.05, 0) is 31.9 Å². The van der Waals surface area contributed by atoms with Crippen molar-refractivity contribution in [2.75, 3.05) is 13.1 Å². The minimum Gasteiger partial charge on any atom is -0.478 e. The van der Waals surface area contributed by atoms with Crippen molar-refractivity contribution in [3.63, 3.8) is 0 Å². The Hall–Kier alpha value is -1.99. The zero-order valence-electron chi connectivity index (χ0n) is 14.3. The highest BCUT2D eigenvalue weighted by Crippen LogP contribution is 2.32. The topological polar surface area (TPSA) is 75.4 Å². The van der Waals surface area contributed by atoms with Crippen LogP contribution in [0, 0.1) is 0 Å². The molecule has 26 heavy (non-hydrogen) atoms. The van der Waals surface area contributed by atoms with Gasteiger partial charge in [0.2, 0.25) is 5.91 Å². The number of likely N-dealkylation sites (tertiary alicyclic amines) is 1. The summed E-state index contributed by atoms with van der Waals surface area (Å²) in [5, 5.41) is 13.6. The van der Waals surface area contributed by atoms with Crippen molar-refractivity contribution in [1.29, 1.82) is 0 Å². The number of rotatable bonds is 5. The van der Waals surface area contributed by atoms with E-state index in [-0.39, 0.29) is 22.8 Å². The molecule has 1 aliphatic heterocycles. The number of aromatic carboxylic acids is 1. The van der Waals surface area contributed by atoms with Gasteiger partial charge >= 0.3 is 5.97 Å². The lowest BCUT2D eigenvalue weighted by Gasteiger charge is -2.33. The number of amides is 1. The molecule has 1 N–H and O–H groups in total. The molecule has 1 aromatic carbocycles. The van der Waals surface area contributed by atoms with E-state index in [1.165, 1.54) is 18.0 Å². The third-order valence-electron chi connectivity index (χ3n) is 4.49. The second-order valence-electron chi connectivity index (χ2n) is 6.26. The molecule has 0 spiro atoms. The van der Waals surface area contributed by atoms with E-state index < -0.39 is 5.97 Å². The van der Waals surface area contributed by atoms with Crippen LogP contribution in [0.5, 0.6) is 0 Å². The largest absolute Gasteiger partial charge is 0.478 e. The number of halogens is 1. The number of thioether (sulfide) groups is 1. The lowest BCUT2D eigenvalue weighted by molar-refractivity contribution is -0.131. The maximum atomic E-state index is 12.7. The Morgan fingerprint density at radius 3 is 2.62 bits per heavy atom. The van der Waals surface area contributed by atoms with E-state index in [0.717, 1.165) is 17.7 Å². The van der Waals surface area contributed by atoms with Crippen molar-refractivity contribution in [1.82, 2.24) is 14.7 Å². The first-order chi connectivity index (χ1) is 12.5. The SMILES string of the molecule is CC(Sc1ccccc1Cl)C(=O)N1CCC(n2cc(C(=O)O)cn2)CC1. The van der Waals surface area contributed by atoms with E-state index in [9.17, 15) is 9.59 Å². The van der Waals surface area contributed by atoms with Crippen molar-refractivity contribution >= 4 is 35.2 Å². The van der Waals surface area contributed by atoms with Gasteiger partial charge in [0.15, 0.2) is 0 Å². The molecule has 3 rings (SSSR count). The van der Waals surface area contributed by atoms with Crippen molar-refractivity contribution in [3.05, 3.63) is 47.2 Å². The van der Waals surface area contributed by atoms with Gasteiger partial charge in [0.1, 0.15) is 0 Å². The molecule has 2 aromatic rings. The highest BCUT2D eigenvalue weighted by molar-refractivity contribution is 8.00. The summed E-state index contributed by atoms with van der Waals surface area (Å²) in [5.74, 6) is -0.880. The molecule has 8 heteroatoms. The number of benzene rings is 1. The number of hydrogen-bond donors (Lipinski definition) is 1. The summed E-state index contributed by atoms with van der Waals surface area (Å²) in [7, 11) is 0. The van der Waals surface area contributed by atoms with Gasteiger partial charge < -0.3 is 10.0 Å². The second-order valence-corrected chi connectivity index (χ2v) is 8.05. The number of hydrogen-bond acceptors (Lipinski definition) is 4. The molecule has 1 unspecified atom stereocenters. The predicted octanol–water partition coefficient (Wildman–Crippen LogP) is 3.58. The van der Waals surface area contributed by atoms with E-state index in [4.69, 9.17) is 16.7 Å². The lowest BCUT2D eigenvalue weighted by Crippen LogP contribution is -2.42. The maximum absolute atomic E-state index is 12.7. The van der Waals surface area contributed by atoms with Crippen LogP contribution in [0.15, 0.2) is 41.6 Å². The lowest BCUT2D eigenvalue weighted by atomic mass is 10.0. The van der Waals surface area contributed by atoms with Crippen molar-refractivity contribution in [2.45, 2.75) is 36.0 Å². The first kappa shape index (κ1) is 18.8. The highest BCUT2D eigenvalue weighted by Gasteiger charge is 2.28. The number of carboxylic acids is 1. The average molecular weight is 394 g/mol. The quantitative estimate of drug-likeness (QED) is 0.786. The summed E-state index contributed by atoms with van der Waals surface area (Å²) in [4.78, 5) is 26.5. The first-order valence-electron chi connectivity index (χ1n) is 8.43. The van der Waals surface area contributed by atoms with Crippen LogP contribution in [0.4, 0.5) is 0 Å². The summed E-state index contributed by atoms with van der Waals surface area (Å²) in [6.45, 7) is 3.17. The zero-order valence-corrected chi connectivity index (χ0v) is 15.9. The van der Waals surface area contributed by atoms with Gasteiger partial charge in [0.25, 0.3) is 0 Å². The minimum atomic E-state index is -0.978. The number of nitrogens with zero attached hydrogens (tertiary/aromatic N) is 3. The van der Waals surface area contributed by atoms with Crippen LogP contribution < -0.4 is 0 Å². The molecule has 6 nitrogen and oxygen atoms in total. The molecular formula is C18H20ClN3O3S. The summed E-state index contributed by atoms with van der Waals surface area (Å²) in [5.41, 5.74) is 0.188. The van der Waals surface area contributed by atoms with Gasteiger partial charge in [-0.3, -0.25) is 9.48 Å². The summed E-state index contributed by atoms with van der Waals surface area (Å²) >= 11 is 7.64. The van der Waals surface area contributed by atoms with Gasteiger partial charge in [-0.15, -0.1) is 11.8 Å². The third kappa shape index (κ3) is 4.22. The van der Waals surface area contributed by atoms with Crippen molar-refractivity contribution in [2.24, 2.45) is 0 Å². The molecule has 1 aromatic heterocycles. The Balaban J connectivity index is 1.56. The Morgan fingerprint density at radius 2 is 2.00 bits per heavy atom. The molecule has 0 aliphatic carbocycles. The van der Waals surface area contributed by atoms with E-state index in [1.807, 2.05) is 36.1 Å². The Morgan fingerprint density at radius 1 is 1.31 bits per heavy atom. The number of carbonyl (C=O) groups is 2. The van der Waals surface area contributed by atoms with Crippen molar-refractivity contribution < 1.29 is 14.7 Å². The average Bonchev–Trinajstić information content (AvgIpc) is 3.13. The monoisotopic (exact) mass is 393 g/mol. The van der Waals surface area contributed by atoms with Crippen LogP contribution >= 0.6 is 23.4 Å². The number of carbonyl (C=O) groups excluding carboxylic acids is 1. The van der Waals surface area contributed by atoms with Gasteiger partial charge in [-0.2, -0.15) is 5.10 Å². The number of carboxylic acid groups (broad SMARTS) is 1. The molecule has 138 valence electrons. The van der Waals surface area contributed by atoms with E-state index in [2.05, 4.69) is 5.10 Å². The van der Waals surface area contributed by atoms with E-state index in [0.29, 0.717) is 18.1 Å². The molecule has 1 saturated heterocycles. The van der Waals surface area contributed by atoms with Crippen LogP contribution in [0.3, 0.4) is 0 Å². The van der Waals surface area contributed by atoms with Gasteiger partial charge in [-0.1, -0.05) is 23.7 Å². The van der Waals surface area contributed by atoms with Gasteiger partial charge in [0, 0.05) is 24.2 Å². The summed E-state index contributed by atoms with van der Waals surface area (Å²) in [6.07, 6.45) is 4.44. The Labute approximate surface area is 161 Å². The fraction of sp³-hybridized carbons (Fsp3) is 0.389. The molecule has 2 heterocycles. The van der Waals surface area contributed by atoms with Crippen LogP contribution in [-0.2, 0) is 4.79 Å². The summed E-state index contributed by atoms with van der Waals surface area (Å²) in [6, 6.07) is 7.64. The van der Waals surface area contributed by atoms with Crippen LogP contribution in [0.2, 0.25) is 5.02 Å². The molecule has 0 radical (unpaired) electrons. The standard InChI is InChI=1S/C18H20ClN3O3S/c1-12(26-16-5-3-2-4-15(16)19)17(23)21-8-6-14(7-9-21)22-11-13(10-20-22)18(24)25/h2-5,10-12,14H,6-9H2,1H3,(H,24,25). The van der Waals surface area contributed by atoms with E-state index in [1.54, 1.807) is 10.9 Å². The summed E-state index contributed by atoms with van der Waals surface area (Å²) < 4.78 is 1.70. The Kier molecular flexibility index (Phi) is 5.88. The fourth-order valence-corrected chi connectivity index (χ4v) is 4.28. The maximum Gasteiger partial charge on any atom is 0.338 e. The Bertz CT molecular complexity index is 802. The normalized spacial score (nSPS) is 16.5. The van der Waals surface area contributed by atoms with Crippen molar-refractivity contribution in [3.8, 4) is 0 Å². The second kappa shape index (κ2) is 8.14. The van der Waals surface area contributed by atoms with Crippen LogP contribution in [-0.4, -0.2) is 50.0 Å². The van der Waals surface area contributed by atoms with E-state index >= 15 is 0 Å². The van der Waals surface area contributed by atoms with Crippen LogP contribution in [0.1, 0.15) is 36.2 Å². The fourth-order valence-electron chi connectivity index (χ4n) is 3.04. The molecule has 1 fully saturated rings. The number of piperidine rings is 1. The first-order valence-corrected chi connectivity index (χ1v) is 9.69. The minimum absolute atomic E-state index is 0.0973. The predicted molar refractivity (Wildman–Crippen MR) is 101 cm³/mol. The zero-order chi connectivity index (χ0) is 18.7. The highest BCUT2D eigenvalue weighted by atomic mass is 35.5. The molecule has 1 aliphatic rings. The molecular weight excluding hydrogens is 374 g/mol. The van der Waals surface area contributed by atoms with Gasteiger partial charge in [-0.25, -0.2) is 4.79 Å². The number of aromatic nitrogens is 2. The molecule has 1 atom stereocenters. The third-order valence-corrected chi connectivity index (χ3v) is 6.09. The molecule has 1 amide bonds. The molecule has 0 saturated carbocycles. The smallest absolute Gasteiger partial charge is 0.338 e. The van der Waals surface area contributed by atoms with Crippen LogP contribution in [0.25, 0.3) is 0 Å². The van der Waals surface area contributed by atoms with Gasteiger partial charge in [0.05, 0.1) is 28.1 Å². The molecule has 0 bridgehead atoms.